The molecular formula is C23H19F3N4O. The van der Waals surface area contributed by atoms with Gasteiger partial charge < -0.3 is 5.32 Å². The molecule has 0 saturated heterocycles. The number of carbonyl (C=O) groups excluding carboxylic acids is 1. The van der Waals surface area contributed by atoms with Crippen LogP contribution < -0.4 is 10.2 Å². The number of nitrogens with one attached hydrogen (secondary N) is 1. The number of pyridine rings is 2. The maximum Gasteiger partial charge on any atom is 0.416 e. The molecule has 0 radical (unpaired) electrons. The Balaban J connectivity index is 1.53. The molecule has 3 aromatic rings. The molecule has 0 spiro atoms. The summed E-state index contributed by atoms with van der Waals surface area (Å²) in [6.45, 7) is 0. The fraction of sp³-hybridized carbons (Fsp3) is 0.261. The molecule has 2 aromatic heterocycles. The van der Waals surface area contributed by atoms with Gasteiger partial charge in [0.05, 0.1) is 11.3 Å². The van der Waals surface area contributed by atoms with Crippen LogP contribution in [0.5, 0.6) is 0 Å². The summed E-state index contributed by atoms with van der Waals surface area (Å²) in [5.41, 5.74) is 1.65. The van der Waals surface area contributed by atoms with E-state index in [4.69, 9.17) is 0 Å². The standard InChI is InChI=1S/C23H19F3N4O/c24-23(25,26)15-4-1-3-14(13-15)19-8-7-18-17-5-2-6-20(17)30(21(18)29-19)22(31)28-16-9-11-27-12-10-16/h1,3-4,7-13,17,20H,2,5-6H2,(H,27,28,31). The maximum absolute atomic E-state index is 13.2. The predicted octanol–water partition coefficient (Wildman–Crippen LogP) is 5.85. The molecule has 1 aliphatic heterocycles. The van der Waals surface area contributed by atoms with Gasteiger partial charge in [-0.25, -0.2) is 9.78 Å². The highest BCUT2D eigenvalue weighted by atomic mass is 19.4. The fourth-order valence-electron chi connectivity index (χ4n) is 4.59. The largest absolute Gasteiger partial charge is 0.416 e. The summed E-state index contributed by atoms with van der Waals surface area (Å²) >= 11 is 0. The summed E-state index contributed by atoms with van der Waals surface area (Å²) in [5, 5.41) is 2.88. The second-order valence-corrected chi connectivity index (χ2v) is 7.83. The molecule has 1 N–H and O–H groups in total. The number of halogens is 3. The first-order valence-corrected chi connectivity index (χ1v) is 10.1. The lowest BCUT2D eigenvalue weighted by molar-refractivity contribution is -0.137. The average Bonchev–Trinajstić information content (AvgIpc) is 3.34. The van der Waals surface area contributed by atoms with Gasteiger partial charge in [-0.1, -0.05) is 24.6 Å². The zero-order valence-corrected chi connectivity index (χ0v) is 16.4. The Morgan fingerprint density at radius 3 is 2.65 bits per heavy atom. The van der Waals surface area contributed by atoms with Crippen molar-refractivity contribution in [1.29, 1.82) is 0 Å². The van der Waals surface area contributed by atoms with Crippen LogP contribution in [0.15, 0.2) is 60.9 Å². The van der Waals surface area contributed by atoms with Gasteiger partial charge in [-0.15, -0.1) is 0 Å². The van der Waals surface area contributed by atoms with Crippen LogP contribution in [0.1, 0.15) is 36.3 Å². The smallest absolute Gasteiger partial charge is 0.307 e. The van der Waals surface area contributed by atoms with E-state index in [-0.39, 0.29) is 18.0 Å². The second kappa shape index (κ2) is 7.37. The molecule has 2 aliphatic rings. The quantitative estimate of drug-likeness (QED) is 0.561. The van der Waals surface area contributed by atoms with Crippen LogP contribution in [0.4, 0.5) is 29.5 Å². The Morgan fingerprint density at radius 1 is 1.06 bits per heavy atom. The van der Waals surface area contributed by atoms with Crippen molar-refractivity contribution in [3.8, 4) is 11.3 Å². The van der Waals surface area contributed by atoms with Gasteiger partial charge in [0, 0.05) is 41.2 Å². The first-order valence-electron chi connectivity index (χ1n) is 10.1. The number of rotatable bonds is 2. The Labute approximate surface area is 176 Å². The van der Waals surface area contributed by atoms with Crippen LogP contribution >= 0.6 is 0 Å². The lowest BCUT2D eigenvalue weighted by atomic mass is 9.98. The molecule has 2 unspecified atom stereocenters. The highest BCUT2D eigenvalue weighted by molar-refractivity contribution is 6.03. The number of nitrogens with zero attached hydrogens (tertiary/aromatic N) is 3. The number of urea groups is 1. The summed E-state index contributed by atoms with van der Waals surface area (Å²) < 4.78 is 39.4. The minimum absolute atomic E-state index is 0.00102. The van der Waals surface area contributed by atoms with E-state index >= 15 is 0 Å². The molecule has 1 saturated carbocycles. The summed E-state index contributed by atoms with van der Waals surface area (Å²) in [4.78, 5) is 23.4. The molecular weight excluding hydrogens is 405 g/mol. The van der Waals surface area contributed by atoms with Gasteiger partial charge in [-0.2, -0.15) is 13.2 Å². The van der Waals surface area contributed by atoms with Crippen molar-refractivity contribution < 1.29 is 18.0 Å². The number of benzene rings is 1. The van der Waals surface area contributed by atoms with Crippen LogP contribution in [0, 0.1) is 0 Å². The first-order chi connectivity index (χ1) is 14.9. The van der Waals surface area contributed by atoms with Gasteiger partial charge >= 0.3 is 12.2 Å². The lowest BCUT2D eigenvalue weighted by Crippen LogP contribution is -2.40. The number of amides is 2. The number of aromatic nitrogens is 2. The predicted molar refractivity (Wildman–Crippen MR) is 111 cm³/mol. The molecule has 5 rings (SSSR count). The van der Waals surface area contributed by atoms with Gasteiger partial charge in [0.25, 0.3) is 0 Å². The zero-order chi connectivity index (χ0) is 21.6. The molecule has 1 aromatic carbocycles. The minimum Gasteiger partial charge on any atom is -0.307 e. The molecule has 3 heterocycles. The number of hydrogen-bond donors (Lipinski definition) is 1. The third-order valence-electron chi connectivity index (χ3n) is 5.98. The molecule has 0 bridgehead atoms. The summed E-state index contributed by atoms with van der Waals surface area (Å²) in [5.74, 6) is 0.720. The average molecular weight is 424 g/mol. The molecule has 1 aliphatic carbocycles. The van der Waals surface area contributed by atoms with Gasteiger partial charge in [0.15, 0.2) is 0 Å². The van der Waals surface area contributed by atoms with Crippen LogP contribution in [0.25, 0.3) is 11.3 Å². The number of hydrogen-bond acceptors (Lipinski definition) is 3. The van der Waals surface area contributed by atoms with E-state index in [1.54, 1.807) is 41.6 Å². The van der Waals surface area contributed by atoms with E-state index < -0.39 is 11.7 Å². The SMILES string of the molecule is O=C(Nc1ccncc1)N1c2nc(-c3cccc(C(F)(F)F)c3)ccc2C2CCCC21. The number of alkyl halides is 3. The Morgan fingerprint density at radius 2 is 1.87 bits per heavy atom. The third-order valence-corrected chi connectivity index (χ3v) is 5.98. The molecule has 158 valence electrons. The Hall–Kier alpha value is -3.42. The third kappa shape index (κ3) is 3.52. The molecule has 8 heteroatoms. The van der Waals surface area contributed by atoms with E-state index in [1.165, 1.54) is 6.07 Å². The van der Waals surface area contributed by atoms with E-state index in [1.807, 2.05) is 6.07 Å². The summed E-state index contributed by atoms with van der Waals surface area (Å²) in [7, 11) is 0. The van der Waals surface area contributed by atoms with Crippen molar-refractivity contribution in [3.63, 3.8) is 0 Å². The van der Waals surface area contributed by atoms with Gasteiger partial charge in [-0.3, -0.25) is 9.88 Å². The molecule has 2 amide bonds. The molecule has 2 atom stereocenters. The second-order valence-electron chi connectivity index (χ2n) is 7.83. The van der Waals surface area contributed by atoms with Crippen molar-refractivity contribution in [2.24, 2.45) is 0 Å². The van der Waals surface area contributed by atoms with Crippen molar-refractivity contribution >= 4 is 17.5 Å². The van der Waals surface area contributed by atoms with Gasteiger partial charge in [0.2, 0.25) is 0 Å². The van der Waals surface area contributed by atoms with Crippen LogP contribution in [-0.2, 0) is 6.18 Å². The van der Waals surface area contributed by atoms with Crippen molar-refractivity contribution in [2.75, 3.05) is 10.2 Å². The van der Waals surface area contributed by atoms with E-state index in [0.717, 1.165) is 37.0 Å². The molecule has 31 heavy (non-hydrogen) atoms. The van der Waals surface area contributed by atoms with E-state index in [9.17, 15) is 18.0 Å². The lowest BCUT2D eigenvalue weighted by Gasteiger charge is -2.24. The summed E-state index contributed by atoms with van der Waals surface area (Å²) in [6, 6.07) is 11.9. The highest BCUT2D eigenvalue weighted by Gasteiger charge is 2.45. The first kappa shape index (κ1) is 19.5. The Bertz CT molecular complexity index is 1130. The van der Waals surface area contributed by atoms with E-state index in [2.05, 4.69) is 15.3 Å². The summed E-state index contributed by atoms with van der Waals surface area (Å²) in [6.07, 6.45) is 1.60. The monoisotopic (exact) mass is 424 g/mol. The van der Waals surface area contributed by atoms with E-state index in [0.29, 0.717) is 22.8 Å². The topological polar surface area (TPSA) is 58.1 Å². The highest BCUT2D eigenvalue weighted by Crippen LogP contribution is 2.49. The van der Waals surface area contributed by atoms with Crippen LogP contribution in [-0.4, -0.2) is 22.0 Å². The number of fused-ring (bicyclic) bond motifs is 3. The van der Waals surface area contributed by atoms with Crippen molar-refractivity contribution in [2.45, 2.75) is 37.4 Å². The van der Waals surface area contributed by atoms with Crippen molar-refractivity contribution in [1.82, 2.24) is 9.97 Å². The molecule has 1 fully saturated rings. The molecule has 5 nitrogen and oxygen atoms in total. The van der Waals surface area contributed by atoms with Gasteiger partial charge in [-0.05, 0) is 43.2 Å². The number of carbonyl (C=O) groups is 1. The number of anilines is 2. The minimum atomic E-state index is -4.43. The van der Waals surface area contributed by atoms with Crippen molar-refractivity contribution in [3.05, 3.63) is 72.1 Å². The van der Waals surface area contributed by atoms with Crippen LogP contribution in [0.2, 0.25) is 0 Å². The normalized spacial score (nSPS) is 19.8. The fourth-order valence-corrected chi connectivity index (χ4v) is 4.59. The maximum atomic E-state index is 13.2. The van der Waals surface area contributed by atoms with Crippen LogP contribution in [0.3, 0.4) is 0 Å². The van der Waals surface area contributed by atoms with Gasteiger partial charge in [0.1, 0.15) is 5.82 Å². The Kier molecular flexibility index (Phi) is 4.64. The zero-order valence-electron chi connectivity index (χ0n) is 16.4.